The molecule has 0 spiro atoms. The number of benzene rings is 2. The first kappa shape index (κ1) is 21.6. The van der Waals surface area contributed by atoms with Gasteiger partial charge in [-0.3, -0.25) is 0 Å². The zero-order chi connectivity index (χ0) is 22.1. The van der Waals surface area contributed by atoms with Gasteiger partial charge >= 0.3 is 6.09 Å². The molecule has 0 bridgehead atoms. The number of cyclic esters (lactones) is 1. The number of ether oxygens (including phenoxy) is 1. The average Bonchev–Trinajstić information content (AvgIpc) is 3.28. The van der Waals surface area contributed by atoms with E-state index in [-0.39, 0.29) is 12.1 Å². The van der Waals surface area contributed by atoms with Gasteiger partial charge in [-0.15, -0.1) is 0 Å². The standard InChI is InChI=1S/C26H29NO3S/c1-19(20-9-11-21(12-10-20)22-13-16-31-17-22)27-15-14-26(30-24(27)28,18-25(2,3)29)23-7-5-4-6-8-23/h4-13,16-17,19,29H,14-15,18H2,1-3H3. The van der Waals surface area contributed by atoms with Crippen LogP contribution in [0.3, 0.4) is 0 Å². The van der Waals surface area contributed by atoms with Crippen LogP contribution in [0.2, 0.25) is 0 Å². The first-order valence-electron chi connectivity index (χ1n) is 10.7. The minimum Gasteiger partial charge on any atom is -0.438 e. The molecule has 1 saturated heterocycles. The van der Waals surface area contributed by atoms with Crippen molar-refractivity contribution in [1.29, 1.82) is 0 Å². The quantitative estimate of drug-likeness (QED) is 0.489. The summed E-state index contributed by atoms with van der Waals surface area (Å²) in [6, 6.07) is 20.2. The fourth-order valence-electron chi connectivity index (χ4n) is 4.45. The number of nitrogens with zero attached hydrogens (tertiary/aromatic N) is 1. The summed E-state index contributed by atoms with van der Waals surface area (Å²) in [4.78, 5) is 14.9. The zero-order valence-electron chi connectivity index (χ0n) is 18.2. The van der Waals surface area contributed by atoms with Gasteiger partial charge in [0.15, 0.2) is 0 Å². The lowest BCUT2D eigenvalue weighted by Gasteiger charge is -2.45. The Morgan fingerprint density at radius 1 is 1.10 bits per heavy atom. The molecule has 31 heavy (non-hydrogen) atoms. The lowest BCUT2D eigenvalue weighted by molar-refractivity contribution is -0.101. The SMILES string of the molecule is CC(c1ccc(-c2ccsc2)cc1)N1CCC(CC(C)(C)O)(c2ccccc2)OC1=O. The highest BCUT2D eigenvalue weighted by Crippen LogP contribution is 2.42. The fourth-order valence-corrected chi connectivity index (χ4v) is 5.12. The average molecular weight is 436 g/mol. The van der Waals surface area contributed by atoms with Crippen molar-refractivity contribution in [3.05, 3.63) is 82.6 Å². The van der Waals surface area contributed by atoms with Crippen molar-refractivity contribution in [2.24, 2.45) is 0 Å². The molecule has 4 rings (SSSR count). The number of aliphatic hydroxyl groups is 1. The second-order valence-electron chi connectivity index (χ2n) is 8.97. The van der Waals surface area contributed by atoms with E-state index in [1.54, 1.807) is 30.1 Å². The second kappa shape index (κ2) is 8.48. The van der Waals surface area contributed by atoms with Crippen molar-refractivity contribution in [2.75, 3.05) is 6.54 Å². The molecule has 1 N–H and O–H groups in total. The third-order valence-electron chi connectivity index (χ3n) is 6.01. The molecule has 2 unspecified atom stereocenters. The van der Waals surface area contributed by atoms with Crippen molar-refractivity contribution >= 4 is 17.4 Å². The van der Waals surface area contributed by atoms with Gasteiger partial charge in [-0.25, -0.2) is 4.79 Å². The third-order valence-corrected chi connectivity index (χ3v) is 6.69. The van der Waals surface area contributed by atoms with Crippen molar-refractivity contribution in [3.8, 4) is 11.1 Å². The van der Waals surface area contributed by atoms with Crippen LogP contribution in [0.4, 0.5) is 4.79 Å². The normalized spacial score (nSPS) is 20.4. The highest BCUT2D eigenvalue weighted by Gasteiger charge is 2.46. The maximum Gasteiger partial charge on any atom is 0.411 e. The first-order valence-corrected chi connectivity index (χ1v) is 11.6. The maximum absolute atomic E-state index is 13.2. The number of hydrogen-bond donors (Lipinski definition) is 1. The Kier molecular flexibility index (Phi) is 5.91. The molecule has 1 fully saturated rings. The molecular weight excluding hydrogens is 406 g/mol. The molecule has 1 aliphatic rings. The van der Waals surface area contributed by atoms with Crippen LogP contribution in [0.5, 0.6) is 0 Å². The molecule has 2 aromatic carbocycles. The van der Waals surface area contributed by atoms with E-state index in [0.29, 0.717) is 19.4 Å². The van der Waals surface area contributed by atoms with E-state index in [4.69, 9.17) is 4.74 Å². The summed E-state index contributed by atoms with van der Waals surface area (Å²) >= 11 is 1.68. The van der Waals surface area contributed by atoms with E-state index in [1.165, 1.54) is 11.1 Å². The summed E-state index contributed by atoms with van der Waals surface area (Å²) < 4.78 is 6.10. The van der Waals surface area contributed by atoms with Crippen LogP contribution in [-0.2, 0) is 10.3 Å². The highest BCUT2D eigenvalue weighted by atomic mass is 32.1. The topological polar surface area (TPSA) is 49.8 Å². The molecule has 4 nitrogen and oxygen atoms in total. The molecular formula is C26H29NO3S. The smallest absolute Gasteiger partial charge is 0.411 e. The van der Waals surface area contributed by atoms with Gasteiger partial charge in [-0.05, 0) is 59.9 Å². The molecule has 0 radical (unpaired) electrons. The van der Waals surface area contributed by atoms with Crippen LogP contribution in [-0.4, -0.2) is 28.2 Å². The zero-order valence-corrected chi connectivity index (χ0v) is 19.1. The van der Waals surface area contributed by atoms with Gasteiger partial charge in [0.2, 0.25) is 0 Å². The predicted molar refractivity (Wildman–Crippen MR) is 125 cm³/mol. The first-order chi connectivity index (χ1) is 14.8. The summed E-state index contributed by atoms with van der Waals surface area (Å²) in [5.74, 6) is 0. The number of carbonyl (C=O) groups excluding carboxylic acids is 1. The van der Waals surface area contributed by atoms with Crippen molar-refractivity contribution in [2.45, 2.75) is 50.9 Å². The number of rotatable bonds is 6. The summed E-state index contributed by atoms with van der Waals surface area (Å²) in [6.45, 7) is 6.12. The summed E-state index contributed by atoms with van der Waals surface area (Å²) in [6.07, 6.45) is 0.644. The molecule has 0 aliphatic carbocycles. The van der Waals surface area contributed by atoms with E-state index in [0.717, 1.165) is 11.1 Å². The molecule has 2 atom stereocenters. The summed E-state index contributed by atoms with van der Waals surface area (Å²) in [5.41, 5.74) is 2.60. The molecule has 5 heteroatoms. The van der Waals surface area contributed by atoms with E-state index in [9.17, 15) is 9.90 Å². The summed E-state index contributed by atoms with van der Waals surface area (Å²) in [5, 5.41) is 14.7. The van der Waals surface area contributed by atoms with Crippen molar-refractivity contribution in [1.82, 2.24) is 4.90 Å². The number of amides is 1. The number of hydrogen-bond acceptors (Lipinski definition) is 4. The Morgan fingerprint density at radius 3 is 2.39 bits per heavy atom. The molecule has 1 aromatic heterocycles. The van der Waals surface area contributed by atoms with E-state index >= 15 is 0 Å². The lowest BCUT2D eigenvalue weighted by Crippen LogP contribution is -2.51. The van der Waals surface area contributed by atoms with E-state index in [2.05, 4.69) is 41.1 Å². The molecule has 162 valence electrons. The molecule has 0 saturated carbocycles. The van der Waals surface area contributed by atoms with Gasteiger partial charge in [0, 0.05) is 19.4 Å². The molecule has 1 amide bonds. The molecule has 2 heterocycles. The van der Waals surface area contributed by atoms with Gasteiger partial charge in [-0.1, -0.05) is 54.6 Å². The Morgan fingerprint density at radius 2 is 1.81 bits per heavy atom. The van der Waals surface area contributed by atoms with Gasteiger partial charge < -0.3 is 14.7 Å². The third kappa shape index (κ3) is 4.68. The van der Waals surface area contributed by atoms with Crippen molar-refractivity contribution in [3.63, 3.8) is 0 Å². The summed E-state index contributed by atoms with van der Waals surface area (Å²) in [7, 11) is 0. The minimum atomic E-state index is -0.957. The van der Waals surface area contributed by atoms with Crippen LogP contribution in [0.25, 0.3) is 11.1 Å². The van der Waals surface area contributed by atoms with Crippen molar-refractivity contribution < 1.29 is 14.6 Å². The molecule has 1 aliphatic heterocycles. The second-order valence-corrected chi connectivity index (χ2v) is 9.75. The van der Waals surface area contributed by atoms with Crippen LogP contribution >= 0.6 is 11.3 Å². The number of thiophene rings is 1. The Hall–Kier alpha value is -2.63. The highest BCUT2D eigenvalue weighted by molar-refractivity contribution is 7.08. The monoisotopic (exact) mass is 435 g/mol. The minimum absolute atomic E-state index is 0.0973. The van der Waals surface area contributed by atoms with E-state index in [1.807, 2.05) is 37.3 Å². The molecule has 3 aromatic rings. The Bertz CT molecular complexity index is 1010. The van der Waals surface area contributed by atoms with E-state index < -0.39 is 11.2 Å². The van der Waals surface area contributed by atoms with Crippen LogP contribution in [0.15, 0.2) is 71.4 Å². The predicted octanol–water partition coefficient (Wildman–Crippen LogP) is 6.37. The van der Waals surface area contributed by atoms with Gasteiger partial charge in [0.05, 0.1) is 11.6 Å². The van der Waals surface area contributed by atoms with Gasteiger partial charge in [-0.2, -0.15) is 11.3 Å². The van der Waals surface area contributed by atoms with Crippen LogP contribution in [0, 0.1) is 0 Å². The Labute approximate surface area is 188 Å². The fraction of sp³-hybridized carbons (Fsp3) is 0.346. The largest absolute Gasteiger partial charge is 0.438 e. The van der Waals surface area contributed by atoms with Crippen LogP contribution in [0.1, 0.15) is 50.8 Å². The van der Waals surface area contributed by atoms with Gasteiger partial charge in [0.1, 0.15) is 5.60 Å². The lowest BCUT2D eigenvalue weighted by atomic mass is 9.80. The Balaban J connectivity index is 1.54. The maximum atomic E-state index is 13.2. The van der Waals surface area contributed by atoms with Gasteiger partial charge in [0.25, 0.3) is 0 Å². The van der Waals surface area contributed by atoms with Crippen LogP contribution < -0.4 is 0 Å². The number of carbonyl (C=O) groups is 1.